The Balaban J connectivity index is 1.83. The van der Waals surface area contributed by atoms with Gasteiger partial charge in [0.2, 0.25) is 17.7 Å². The SMILES string of the molecule is Cc1c(C(=O)[C@@H](NC(=O)C[C@H](NC(=O)c2ccccn2)c2ccccc2)C(C)C)c(O)n(N(C)C)c1O. The maximum absolute atomic E-state index is 13.5. The number of aromatic nitrogens is 2. The molecule has 0 unspecified atom stereocenters. The van der Waals surface area contributed by atoms with Crippen molar-refractivity contribution in [3.05, 3.63) is 77.1 Å². The molecular formula is C27H33N5O5. The predicted octanol–water partition coefficient (Wildman–Crippen LogP) is 2.69. The summed E-state index contributed by atoms with van der Waals surface area (Å²) >= 11 is 0. The third kappa shape index (κ3) is 6.08. The average molecular weight is 508 g/mol. The molecule has 4 N–H and O–H groups in total. The average Bonchev–Trinajstić information content (AvgIpc) is 3.10. The lowest BCUT2D eigenvalue weighted by Crippen LogP contribution is -2.45. The number of pyridine rings is 1. The number of amides is 2. The standard InChI is InChI=1S/C27H33N5O5/c1-16(2)23(24(34)22-17(3)26(36)32(27(22)37)31(4)5)30-21(33)15-20(18-11-7-6-8-12-18)29-25(35)19-13-9-10-14-28-19/h6-14,16,20,23,36-37H,15H2,1-5H3,(H,29,35)(H,30,33)/t20-,23-/m0/s1. The zero-order valence-electron chi connectivity index (χ0n) is 21.6. The third-order valence-electron chi connectivity index (χ3n) is 6.04. The summed E-state index contributed by atoms with van der Waals surface area (Å²) < 4.78 is 1.11. The van der Waals surface area contributed by atoms with Gasteiger partial charge in [-0.25, -0.2) is 0 Å². The van der Waals surface area contributed by atoms with Crippen LogP contribution in [0.15, 0.2) is 54.7 Å². The number of hydrogen-bond donors (Lipinski definition) is 4. The van der Waals surface area contributed by atoms with Crippen molar-refractivity contribution in [1.29, 1.82) is 0 Å². The van der Waals surface area contributed by atoms with Gasteiger partial charge in [0.1, 0.15) is 5.69 Å². The molecule has 10 heteroatoms. The molecule has 3 aromatic rings. The number of hydrogen-bond acceptors (Lipinski definition) is 7. The highest BCUT2D eigenvalue weighted by atomic mass is 16.3. The molecule has 2 atom stereocenters. The molecule has 0 spiro atoms. The van der Waals surface area contributed by atoms with Gasteiger partial charge in [0, 0.05) is 25.9 Å². The van der Waals surface area contributed by atoms with E-state index in [1.54, 1.807) is 70.4 Å². The van der Waals surface area contributed by atoms with E-state index in [0.29, 0.717) is 0 Å². The molecule has 0 aliphatic heterocycles. The first kappa shape index (κ1) is 27.3. The van der Waals surface area contributed by atoms with Crippen molar-refractivity contribution < 1.29 is 24.6 Å². The van der Waals surface area contributed by atoms with Gasteiger partial charge in [-0.3, -0.25) is 19.4 Å². The monoisotopic (exact) mass is 507 g/mol. The Morgan fingerprint density at radius 2 is 1.62 bits per heavy atom. The quantitative estimate of drug-likeness (QED) is 0.310. The molecule has 2 aromatic heterocycles. The van der Waals surface area contributed by atoms with Gasteiger partial charge in [-0.15, -0.1) is 0 Å². The van der Waals surface area contributed by atoms with Crippen LogP contribution in [-0.4, -0.2) is 57.6 Å². The molecule has 0 fully saturated rings. The van der Waals surface area contributed by atoms with Crippen molar-refractivity contribution in [3.8, 4) is 11.8 Å². The van der Waals surface area contributed by atoms with Gasteiger partial charge >= 0.3 is 0 Å². The minimum absolute atomic E-state index is 0.0618. The molecule has 196 valence electrons. The van der Waals surface area contributed by atoms with Crippen LogP contribution in [0.1, 0.15) is 58.3 Å². The number of ketones is 1. The van der Waals surface area contributed by atoms with E-state index in [1.165, 1.54) is 18.1 Å². The van der Waals surface area contributed by atoms with Crippen LogP contribution in [0.3, 0.4) is 0 Å². The lowest BCUT2D eigenvalue weighted by molar-refractivity contribution is -0.122. The van der Waals surface area contributed by atoms with Crippen LogP contribution in [0.4, 0.5) is 0 Å². The number of benzene rings is 1. The van der Waals surface area contributed by atoms with E-state index in [4.69, 9.17) is 0 Å². The van der Waals surface area contributed by atoms with E-state index in [0.717, 1.165) is 10.2 Å². The van der Waals surface area contributed by atoms with E-state index >= 15 is 0 Å². The molecule has 10 nitrogen and oxygen atoms in total. The summed E-state index contributed by atoms with van der Waals surface area (Å²) in [5, 5.41) is 28.2. The Kier molecular flexibility index (Phi) is 8.54. The van der Waals surface area contributed by atoms with Crippen molar-refractivity contribution in [2.45, 2.75) is 39.3 Å². The second kappa shape index (κ2) is 11.6. The fraction of sp³-hybridized carbons (Fsp3) is 0.333. The maximum Gasteiger partial charge on any atom is 0.270 e. The second-order valence-corrected chi connectivity index (χ2v) is 9.32. The van der Waals surface area contributed by atoms with Crippen LogP contribution in [-0.2, 0) is 4.79 Å². The van der Waals surface area contributed by atoms with Gasteiger partial charge in [-0.2, -0.15) is 4.68 Å². The van der Waals surface area contributed by atoms with Crippen molar-refractivity contribution in [3.63, 3.8) is 0 Å². The molecule has 37 heavy (non-hydrogen) atoms. The molecule has 2 heterocycles. The lowest BCUT2D eigenvalue weighted by atomic mass is 9.93. The van der Waals surface area contributed by atoms with Gasteiger partial charge in [0.05, 0.1) is 24.1 Å². The molecule has 0 aliphatic carbocycles. The van der Waals surface area contributed by atoms with Gasteiger partial charge in [-0.05, 0) is 30.5 Å². The molecule has 0 radical (unpaired) electrons. The molecule has 0 bridgehead atoms. The Morgan fingerprint density at radius 3 is 2.16 bits per heavy atom. The minimum atomic E-state index is -0.975. The lowest BCUT2D eigenvalue weighted by Gasteiger charge is -2.24. The summed E-state index contributed by atoms with van der Waals surface area (Å²) in [6.45, 7) is 5.07. The highest BCUT2D eigenvalue weighted by molar-refractivity contribution is 6.05. The van der Waals surface area contributed by atoms with Crippen LogP contribution in [0.2, 0.25) is 0 Å². The first-order valence-corrected chi connectivity index (χ1v) is 11.9. The summed E-state index contributed by atoms with van der Waals surface area (Å²) in [6, 6.07) is 12.4. The van der Waals surface area contributed by atoms with Crippen molar-refractivity contribution in [1.82, 2.24) is 20.3 Å². The Hall–Kier alpha value is -4.34. The molecule has 1 aromatic carbocycles. The zero-order valence-corrected chi connectivity index (χ0v) is 21.6. The summed E-state index contributed by atoms with van der Waals surface area (Å²) in [5.41, 5.74) is 1.08. The third-order valence-corrected chi connectivity index (χ3v) is 6.04. The Morgan fingerprint density at radius 1 is 0.973 bits per heavy atom. The summed E-state index contributed by atoms with van der Waals surface area (Å²) in [7, 11) is 3.22. The maximum atomic E-state index is 13.5. The fourth-order valence-electron chi connectivity index (χ4n) is 4.09. The van der Waals surface area contributed by atoms with E-state index in [-0.39, 0.29) is 35.0 Å². The highest BCUT2D eigenvalue weighted by Crippen LogP contribution is 2.34. The Bertz CT molecular complexity index is 1260. The van der Waals surface area contributed by atoms with Crippen molar-refractivity contribution >= 4 is 17.6 Å². The van der Waals surface area contributed by atoms with Crippen LogP contribution in [0, 0.1) is 12.8 Å². The number of carbonyl (C=O) groups excluding carboxylic acids is 3. The highest BCUT2D eigenvalue weighted by Gasteiger charge is 2.33. The number of nitrogens with zero attached hydrogens (tertiary/aromatic N) is 3. The molecular weight excluding hydrogens is 474 g/mol. The normalized spacial score (nSPS) is 12.6. The van der Waals surface area contributed by atoms with Crippen LogP contribution >= 0.6 is 0 Å². The second-order valence-electron chi connectivity index (χ2n) is 9.32. The molecule has 0 aliphatic rings. The molecule has 0 saturated carbocycles. The van der Waals surface area contributed by atoms with Gasteiger partial charge in [0.15, 0.2) is 5.78 Å². The molecule has 2 amide bonds. The van der Waals surface area contributed by atoms with Crippen LogP contribution in [0.5, 0.6) is 11.8 Å². The zero-order chi connectivity index (χ0) is 27.3. The van der Waals surface area contributed by atoms with E-state index in [9.17, 15) is 24.6 Å². The topological polar surface area (TPSA) is 137 Å². The van der Waals surface area contributed by atoms with Crippen LogP contribution < -0.4 is 15.6 Å². The summed E-state index contributed by atoms with van der Waals surface area (Å²) in [4.78, 5) is 43.5. The summed E-state index contributed by atoms with van der Waals surface area (Å²) in [5.74, 6) is -2.41. The molecule has 0 saturated heterocycles. The van der Waals surface area contributed by atoms with Gasteiger partial charge < -0.3 is 25.9 Å². The fourth-order valence-corrected chi connectivity index (χ4v) is 4.09. The smallest absolute Gasteiger partial charge is 0.270 e. The number of Topliss-reactive ketones (excluding diaryl/α,β-unsaturated/α-hetero) is 1. The number of aromatic hydroxyl groups is 2. The molecule has 3 rings (SSSR count). The van der Waals surface area contributed by atoms with E-state index < -0.39 is 35.6 Å². The van der Waals surface area contributed by atoms with Crippen molar-refractivity contribution in [2.75, 3.05) is 19.1 Å². The number of nitrogens with one attached hydrogen (secondary N) is 2. The van der Waals surface area contributed by atoms with E-state index in [2.05, 4.69) is 15.6 Å². The van der Waals surface area contributed by atoms with Gasteiger partial charge in [-0.1, -0.05) is 50.2 Å². The number of carbonyl (C=O) groups is 3. The number of rotatable bonds is 10. The van der Waals surface area contributed by atoms with Gasteiger partial charge in [0.25, 0.3) is 5.91 Å². The van der Waals surface area contributed by atoms with Crippen molar-refractivity contribution in [2.24, 2.45) is 5.92 Å². The summed E-state index contributed by atoms with van der Waals surface area (Å²) in [6.07, 6.45) is 1.38. The largest absolute Gasteiger partial charge is 0.493 e. The Labute approximate surface area is 215 Å². The minimum Gasteiger partial charge on any atom is -0.493 e. The van der Waals surface area contributed by atoms with E-state index in [1.807, 2.05) is 6.07 Å². The first-order valence-electron chi connectivity index (χ1n) is 11.9. The first-order chi connectivity index (χ1) is 17.5. The predicted molar refractivity (Wildman–Crippen MR) is 139 cm³/mol. The van der Waals surface area contributed by atoms with Crippen LogP contribution in [0.25, 0.3) is 0 Å².